The summed E-state index contributed by atoms with van der Waals surface area (Å²) in [5.74, 6) is -0.0318. The van der Waals surface area contributed by atoms with E-state index in [1.165, 1.54) is 22.7 Å². The third-order valence-corrected chi connectivity index (χ3v) is 9.04. The second-order valence-corrected chi connectivity index (χ2v) is 11.8. The molecular weight excluding hydrogens is 410 g/mol. The van der Waals surface area contributed by atoms with Gasteiger partial charge < -0.3 is 4.57 Å². The van der Waals surface area contributed by atoms with Gasteiger partial charge in [0, 0.05) is 31.2 Å². The van der Waals surface area contributed by atoms with E-state index in [1.807, 2.05) is 0 Å². The Labute approximate surface area is 161 Å². The predicted molar refractivity (Wildman–Crippen MR) is 103 cm³/mol. The molecule has 2 aromatic rings. The van der Waals surface area contributed by atoms with Crippen molar-refractivity contribution in [2.24, 2.45) is 5.92 Å². The number of sulfonamides is 2. The van der Waals surface area contributed by atoms with Crippen molar-refractivity contribution in [3.8, 4) is 0 Å². The van der Waals surface area contributed by atoms with Crippen LogP contribution in [0.25, 0.3) is 0 Å². The molecule has 2 bridgehead atoms. The summed E-state index contributed by atoms with van der Waals surface area (Å²) in [5.41, 5.74) is 0.367. The van der Waals surface area contributed by atoms with Crippen molar-refractivity contribution in [1.82, 2.24) is 8.87 Å². The number of fused-ring (bicyclic) bond motifs is 4. The predicted octanol–water partition coefficient (Wildman–Crippen LogP) is 1.09. The summed E-state index contributed by atoms with van der Waals surface area (Å²) in [7, 11) is -7.08. The number of pyridine rings is 1. The van der Waals surface area contributed by atoms with Crippen LogP contribution < -0.4 is 10.3 Å². The second-order valence-electron chi connectivity index (χ2n) is 7.00. The van der Waals surface area contributed by atoms with Gasteiger partial charge in [-0.15, -0.1) is 11.3 Å². The van der Waals surface area contributed by atoms with Gasteiger partial charge >= 0.3 is 0 Å². The van der Waals surface area contributed by atoms with E-state index in [1.54, 1.807) is 22.1 Å². The molecule has 0 amide bonds. The van der Waals surface area contributed by atoms with Crippen molar-refractivity contribution in [3.63, 3.8) is 0 Å². The van der Waals surface area contributed by atoms with Gasteiger partial charge in [0.25, 0.3) is 15.6 Å². The molecule has 2 aliphatic heterocycles. The Hall–Kier alpha value is -1.69. The van der Waals surface area contributed by atoms with E-state index in [2.05, 4.69) is 4.72 Å². The molecule has 0 aromatic carbocycles. The summed E-state index contributed by atoms with van der Waals surface area (Å²) < 4.78 is 54.2. The SMILES string of the molecule is CS(=O)(=O)N1C[C@H]2C[C@H](C1)c1ccc(NS(=O)(=O)c3cccs3)c(=O)n1C2. The third-order valence-electron chi connectivity index (χ3n) is 5.04. The van der Waals surface area contributed by atoms with Gasteiger partial charge in [0.15, 0.2) is 0 Å². The zero-order chi connectivity index (χ0) is 19.4. The van der Waals surface area contributed by atoms with Gasteiger partial charge in [-0.1, -0.05) is 6.07 Å². The normalized spacial score (nSPS) is 23.0. The highest BCUT2D eigenvalue weighted by Gasteiger charge is 2.38. The quantitative estimate of drug-likeness (QED) is 0.783. The Kier molecular flexibility index (Phi) is 4.45. The van der Waals surface area contributed by atoms with Gasteiger partial charge in [0.05, 0.1) is 6.26 Å². The summed E-state index contributed by atoms with van der Waals surface area (Å²) >= 11 is 1.08. The minimum Gasteiger partial charge on any atom is -0.310 e. The van der Waals surface area contributed by atoms with Crippen LogP contribution in [0.2, 0.25) is 0 Å². The lowest BCUT2D eigenvalue weighted by Gasteiger charge is -2.41. The molecule has 0 saturated carbocycles. The highest BCUT2D eigenvalue weighted by molar-refractivity contribution is 7.94. The minimum absolute atomic E-state index is 0.00657. The molecule has 1 saturated heterocycles. The van der Waals surface area contributed by atoms with Crippen LogP contribution in [-0.4, -0.2) is 45.1 Å². The molecule has 2 atom stereocenters. The average molecular weight is 430 g/mol. The van der Waals surface area contributed by atoms with Crippen molar-refractivity contribution >= 4 is 37.1 Å². The standard InChI is InChI=1S/C16H19N3O5S3/c1-26(21,22)18-8-11-7-12(10-18)14-5-4-13(16(20)19(14)9-11)17-27(23,24)15-3-2-6-25-15/h2-6,11-12,17H,7-10H2,1H3/t11-,12-/m1/s1. The van der Waals surface area contributed by atoms with Crippen LogP contribution in [0, 0.1) is 5.92 Å². The lowest BCUT2D eigenvalue weighted by atomic mass is 9.84. The largest absolute Gasteiger partial charge is 0.310 e. The Morgan fingerprint density at radius 1 is 1.11 bits per heavy atom. The van der Waals surface area contributed by atoms with Crippen LogP contribution in [0.15, 0.2) is 38.6 Å². The van der Waals surface area contributed by atoms with Crippen LogP contribution in [0.4, 0.5) is 5.69 Å². The smallest absolute Gasteiger partial charge is 0.275 e. The van der Waals surface area contributed by atoms with Crippen molar-refractivity contribution in [3.05, 3.63) is 45.7 Å². The highest BCUT2D eigenvalue weighted by atomic mass is 32.2. The molecule has 27 heavy (non-hydrogen) atoms. The number of nitrogens with zero attached hydrogens (tertiary/aromatic N) is 2. The molecule has 4 rings (SSSR count). The Morgan fingerprint density at radius 2 is 1.89 bits per heavy atom. The number of anilines is 1. The topological polar surface area (TPSA) is 106 Å². The van der Waals surface area contributed by atoms with Gasteiger partial charge in [-0.25, -0.2) is 21.1 Å². The monoisotopic (exact) mass is 429 g/mol. The number of piperidine rings is 1. The van der Waals surface area contributed by atoms with Gasteiger partial charge in [-0.3, -0.25) is 9.52 Å². The first-order chi connectivity index (χ1) is 12.6. The van der Waals surface area contributed by atoms with E-state index in [9.17, 15) is 21.6 Å². The summed E-state index contributed by atoms with van der Waals surface area (Å²) in [6, 6.07) is 6.31. The fourth-order valence-corrected chi connectivity index (χ4v) is 6.84. The van der Waals surface area contributed by atoms with Crippen LogP contribution in [-0.2, 0) is 26.6 Å². The number of aromatic nitrogens is 1. The Morgan fingerprint density at radius 3 is 2.56 bits per heavy atom. The van der Waals surface area contributed by atoms with Gasteiger partial charge in [0.1, 0.15) is 9.90 Å². The molecule has 8 nitrogen and oxygen atoms in total. The van der Waals surface area contributed by atoms with E-state index >= 15 is 0 Å². The zero-order valence-corrected chi connectivity index (χ0v) is 17.0. The molecule has 2 aliphatic rings. The maximum atomic E-state index is 12.9. The number of hydrogen-bond donors (Lipinski definition) is 1. The number of nitrogens with one attached hydrogen (secondary N) is 1. The van der Waals surface area contributed by atoms with Gasteiger partial charge in [-0.2, -0.15) is 0 Å². The van der Waals surface area contributed by atoms with Crippen LogP contribution in [0.5, 0.6) is 0 Å². The van der Waals surface area contributed by atoms with E-state index < -0.39 is 25.6 Å². The fraction of sp³-hybridized carbons (Fsp3) is 0.438. The minimum atomic E-state index is -3.80. The third kappa shape index (κ3) is 3.44. The number of thiophene rings is 1. The van der Waals surface area contributed by atoms with E-state index in [-0.39, 0.29) is 21.7 Å². The van der Waals surface area contributed by atoms with Crippen LogP contribution in [0.1, 0.15) is 18.0 Å². The highest BCUT2D eigenvalue weighted by Crippen LogP contribution is 2.36. The Balaban J connectivity index is 1.68. The molecular formula is C16H19N3O5S3. The van der Waals surface area contributed by atoms with Crippen molar-refractivity contribution in [1.29, 1.82) is 0 Å². The summed E-state index contributed by atoms with van der Waals surface area (Å²) in [4.78, 5) is 12.9. The van der Waals surface area contributed by atoms with Crippen molar-refractivity contribution in [2.75, 3.05) is 24.1 Å². The van der Waals surface area contributed by atoms with Gasteiger partial charge in [0.2, 0.25) is 10.0 Å². The Bertz CT molecular complexity index is 1140. The summed E-state index contributed by atoms with van der Waals surface area (Å²) in [6.07, 6.45) is 2.02. The zero-order valence-electron chi connectivity index (χ0n) is 14.5. The lowest BCUT2D eigenvalue weighted by molar-refractivity contribution is 0.187. The molecule has 0 spiro atoms. The van der Waals surface area contributed by atoms with Gasteiger partial charge in [-0.05, 0) is 35.9 Å². The first kappa shape index (κ1) is 18.7. The first-order valence-corrected chi connectivity index (χ1v) is 12.6. The summed E-state index contributed by atoms with van der Waals surface area (Å²) in [6.45, 7) is 1.10. The van der Waals surface area contributed by atoms with Crippen LogP contribution >= 0.6 is 11.3 Å². The average Bonchev–Trinajstić information content (AvgIpc) is 3.12. The molecule has 0 aliphatic carbocycles. The molecule has 146 valence electrons. The molecule has 0 radical (unpaired) electrons. The summed E-state index contributed by atoms with van der Waals surface area (Å²) in [5, 5.41) is 1.66. The van der Waals surface area contributed by atoms with Crippen LogP contribution in [0.3, 0.4) is 0 Å². The van der Waals surface area contributed by atoms with E-state index in [4.69, 9.17) is 0 Å². The fourth-order valence-electron chi connectivity index (χ4n) is 3.86. The molecule has 1 fully saturated rings. The first-order valence-electron chi connectivity index (χ1n) is 8.40. The lowest BCUT2D eigenvalue weighted by Crippen LogP contribution is -2.49. The van der Waals surface area contributed by atoms with Crippen molar-refractivity contribution in [2.45, 2.75) is 23.1 Å². The molecule has 2 aromatic heterocycles. The number of hydrogen-bond acceptors (Lipinski definition) is 6. The molecule has 0 unspecified atom stereocenters. The molecule has 11 heteroatoms. The number of rotatable bonds is 4. The van der Waals surface area contributed by atoms with Crippen molar-refractivity contribution < 1.29 is 16.8 Å². The maximum absolute atomic E-state index is 12.9. The van der Waals surface area contributed by atoms with E-state index in [0.717, 1.165) is 23.5 Å². The molecule has 4 heterocycles. The maximum Gasteiger partial charge on any atom is 0.275 e. The second kappa shape index (κ2) is 6.43. The van der Waals surface area contributed by atoms with E-state index in [0.29, 0.717) is 19.6 Å². The molecule has 1 N–H and O–H groups in total.